The maximum Gasteiger partial charge on any atom is 0.127 e. The maximum atomic E-state index is 12.9. The van der Waals surface area contributed by atoms with Gasteiger partial charge in [0.2, 0.25) is 0 Å². The Bertz CT molecular complexity index is 656. The molecule has 0 saturated carbocycles. The lowest BCUT2D eigenvalue weighted by molar-refractivity contribution is 0.628. The summed E-state index contributed by atoms with van der Waals surface area (Å²) >= 11 is 1.56. The summed E-state index contributed by atoms with van der Waals surface area (Å²) in [6.07, 6.45) is 1.76. The van der Waals surface area contributed by atoms with Gasteiger partial charge in [0.15, 0.2) is 0 Å². The van der Waals surface area contributed by atoms with Crippen molar-refractivity contribution in [2.24, 2.45) is 0 Å². The molecule has 0 bridgehead atoms. The second-order valence-electron chi connectivity index (χ2n) is 3.92. The molecule has 3 nitrogen and oxygen atoms in total. The van der Waals surface area contributed by atoms with E-state index in [9.17, 15) is 4.39 Å². The van der Waals surface area contributed by atoms with Crippen LogP contribution in [0.15, 0.2) is 35.8 Å². The van der Waals surface area contributed by atoms with E-state index in [1.807, 2.05) is 12.3 Å². The summed E-state index contributed by atoms with van der Waals surface area (Å²) < 4.78 is 12.9. The molecule has 0 spiro atoms. The Morgan fingerprint density at radius 2 is 2.00 bits per heavy atom. The second kappa shape index (κ2) is 4.34. The van der Waals surface area contributed by atoms with E-state index in [0.717, 1.165) is 27.5 Å². The molecule has 18 heavy (non-hydrogen) atoms. The summed E-state index contributed by atoms with van der Waals surface area (Å²) in [5.74, 6) is -0.248. The molecule has 0 amide bonds. The smallest absolute Gasteiger partial charge is 0.127 e. The number of thiazole rings is 1. The Kier molecular flexibility index (Phi) is 2.68. The van der Waals surface area contributed by atoms with E-state index < -0.39 is 0 Å². The molecule has 5 heteroatoms. The molecule has 0 atom stereocenters. The van der Waals surface area contributed by atoms with E-state index in [4.69, 9.17) is 0 Å². The number of aromatic amines is 1. The Labute approximate surface area is 107 Å². The highest BCUT2D eigenvalue weighted by Gasteiger charge is 2.15. The quantitative estimate of drug-likeness (QED) is 0.763. The molecule has 3 rings (SSSR count). The van der Waals surface area contributed by atoms with Crippen LogP contribution in [0.3, 0.4) is 0 Å². The summed E-state index contributed by atoms with van der Waals surface area (Å²) in [4.78, 5) is 4.31. The van der Waals surface area contributed by atoms with E-state index >= 15 is 0 Å². The lowest BCUT2D eigenvalue weighted by Crippen LogP contribution is -1.83. The number of halogens is 1. The summed E-state index contributed by atoms with van der Waals surface area (Å²) in [6, 6.07) is 6.32. The van der Waals surface area contributed by atoms with Gasteiger partial charge in [0.1, 0.15) is 16.5 Å². The van der Waals surface area contributed by atoms with Crippen LogP contribution in [0.5, 0.6) is 0 Å². The first kappa shape index (κ1) is 11.1. The Hall–Kier alpha value is -2.01. The fourth-order valence-corrected chi connectivity index (χ4v) is 2.59. The van der Waals surface area contributed by atoms with Gasteiger partial charge in [-0.1, -0.05) is 0 Å². The van der Waals surface area contributed by atoms with Gasteiger partial charge in [-0.05, 0) is 31.2 Å². The average Bonchev–Trinajstić information content (AvgIpc) is 2.99. The highest BCUT2D eigenvalue weighted by molar-refractivity contribution is 7.13. The lowest BCUT2D eigenvalue weighted by Gasteiger charge is -2.00. The molecular formula is C13H10FN3S. The predicted octanol–water partition coefficient (Wildman–Crippen LogP) is 3.65. The Balaban J connectivity index is 2.16. The maximum absolute atomic E-state index is 12.9. The van der Waals surface area contributed by atoms with Crippen molar-refractivity contribution in [3.05, 3.63) is 47.4 Å². The number of aryl methyl sites for hydroxylation is 1. The van der Waals surface area contributed by atoms with Crippen molar-refractivity contribution in [2.75, 3.05) is 0 Å². The summed E-state index contributed by atoms with van der Waals surface area (Å²) in [7, 11) is 0. The third kappa shape index (κ3) is 1.82. The van der Waals surface area contributed by atoms with Gasteiger partial charge in [0.25, 0.3) is 0 Å². The molecule has 0 saturated heterocycles. The fraction of sp³-hybridized carbons (Fsp3) is 0.0769. The molecular weight excluding hydrogens is 249 g/mol. The average molecular weight is 259 g/mol. The van der Waals surface area contributed by atoms with Gasteiger partial charge < -0.3 is 0 Å². The molecule has 0 aliphatic carbocycles. The SMILES string of the molecule is Cc1[nH]nc(-c2ccc(F)cc2)c1-c1nccs1. The number of rotatable bonds is 2. The van der Waals surface area contributed by atoms with Crippen LogP contribution in [0.2, 0.25) is 0 Å². The van der Waals surface area contributed by atoms with E-state index in [-0.39, 0.29) is 5.82 Å². The van der Waals surface area contributed by atoms with E-state index in [2.05, 4.69) is 15.2 Å². The number of hydrogen-bond donors (Lipinski definition) is 1. The van der Waals surface area contributed by atoms with Gasteiger partial charge >= 0.3 is 0 Å². The fourth-order valence-electron chi connectivity index (χ4n) is 1.85. The third-order valence-electron chi connectivity index (χ3n) is 2.71. The van der Waals surface area contributed by atoms with Crippen LogP contribution in [0, 0.1) is 12.7 Å². The molecule has 0 aliphatic heterocycles. The molecule has 0 unspecified atom stereocenters. The van der Waals surface area contributed by atoms with Gasteiger partial charge in [-0.15, -0.1) is 11.3 Å². The van der Waals surface area contributed by atoms with Crippen LogP contribution >= 0.6 is 11.3 Å². The molecule has 1 N–H and O–H groups in total. The topological polar surface area (TPSA) is 41.6 Å². The molecule has 3 aromatic rings. The second-order valence-corrected chi connectivity index (χ2v) is 4.81. The van der Waals surface area contributed by atoms with Gasteiger partial charge in [0.05, 0.1) is 5.56 Å². The lowest BCUT2D eigenvalue weighted by atomic mass is 10.1. The summed E-state index contributed by atoms with van der Waals surface area (Å²) in [5.41, 5.74) is 3.63. The van der Waals surface area contributed by atoms with Crippen LogP contribution in [-0.2, 0) is 0 Å². The minimum atomic E-state index is -0.248. The normalized spacial score (nSPS) is 10.8. The molecule has 90 valence electrons. The van der Waals surface area contributed by atoms with Gasteiger partial charge in [-0.3, -0.25) is 5.10 Å². The molecule has 0 fully saturated rings. The van der Waals surface area contributed by atoms with Crippen molar-refractivity contribution in [1.29, 1.82) is 0 Å². The van der Waals surface area contributed by atoms with Crippen LogP contribution in [-0.4, -0.2) is 15.2 Å². The van der Waals surface area contributed by atoms with E-state index in [0.29, 0.717) is 0 Å². The zero-order valence-corrected chi connectivity index (χ0v) is 10.5. The number of hydrogen-bond acceptors (Lipinski definition) is 3. The van der Waals surface area contributed by atoms with Crippen molar-refractivity contribution in [2.45, 2.75) is 6.92 Å². The molecule has 2 heterocycles. The van der Waals surface area contributed by atoms with Crippen LogP contribution < -0.4 is 0 Å². The molecule has 0 aliphatic rings. The monoisotopic (exact) mass is 259 g/mol. The first-order valence-electron chi connectivity index (χ1n) is 5.46. The van der Waals surface area contributed by atoms with Crippen molar-refractivity contribution in [3.63, 3.8) is 0 Å². The first-order chi connectivity index (χ1) is 8.75. The van der Waals surface area contributed by atoms with Gasteiger partial charge in [0, 0.05) is 22.8 Å². The summed E-state index contributed by atoms with van der Waals surface area (Å²) in [6.45, 7) is 1.96. The largest absolute Gasteiger partial charge is 0.281 e. The van der Waals surface area contributed by atoms with Gasteiger partial charge in [-0.2, -0.15) is 5.10 Å². The van der Waals surface area contributed by atoms with Crippen molar-refractivity contribution >= 4 is 11.3 Å². The highest BCUT2D eigenvalue weighted by Crippen LogP contribution is 2.33. The number of H-pyrrole nitrogens is 1. The summed E-state index contributed by atoms with van der Waals surface area (Å²) in [5, 5.41) is 10.1. The standard InChI is InChI=1S/C13H10FN3S/c1-8-11(13-15-6-7-18-13)12(17-16-8)9-2-4-10(14)5-3-9/h2-7H,1H3,(H,16,17). The van der Waals surface area contributed by atoms with Gasteiger partial charge in [-0.25, -0.2) is 9.37 Å². The molecule has 0 radical (unpaired) electrons. The number of benzene rings is 1. The minimum Gasteiger partial charge on any atom is -0.281 e. The first-order valence-corrected chi connectivity index (χ1v) is 6.34. The zero-order valence-electron chi connectivity index (χ0n) is 9.64. The zero-order chi connectivity index (χ0) is 12.5. The Morgan fingerprint density at radius 3 is 2.67 bits per heavy atom. The number of nitrogens with one attached hydrogen (secondary N) is 1. The predicted molar refractivity (Wildman–Crippen MR) is 69.8 cm³/mol. The number of aromatic nitrogens is 3. The number of nitrogens with zero attached hydrogens (tertiary/aromatic N) is 2. The van der Waals surface area contributed by atoms with Crippen LogP contribution in [0.25, 0.3) is 21.8 Å². The Morgan fingerprint density at radius 1 is 1.22 bits per heavy atom. The van der Waals surface area contributed by atoms with Crippen LogP contribution in [0.4, 0.5) is 4.39 Å². The van der Waals surface area contributed by atoms with E-state index in [1.54, 1.807) is 29.7 Å². The van der Waals surface area contributed by atoms with E-state index in [1.165, 1.54) is 12.1 Å². The minimum absolute atomic E-state index is 0.248. The van der Waals surface area contributed by atoms with Crippen molar-refractivity contribution in [1.82, 2.24) is 15.2 Å². The molecule has 2 aromatic heterocycles. The molecule has 1 aromatic carbocycles. The third-order valence-corrected chi connectivity index (χ3v) is 3.50. The van der Waals surface area contributed by atoms with Crippen molar-refractivity contribution < 1.29 is 4.39 Å². The van der Waals surface area contributed by atoms with Crippen molar-refractivity contribution in [3.8, 4) is 21.8 Å². The highest BCUT2D eigenvalue weighted by atomic mass is 32.1. The van der Waals surface area contributed by atoms with Crippen LogP contribution in [0.1, 0.15) is 5.69 Å².